The SMILES string of the molecule is Cc1cc2c(c(=O)o1)C=C[C@@H]1CCCCN21. The fourth-order valence-corrected chi connectivity index (χ4v) is 2.66. The predicted octanol–water partition coefficient (Wildman–Crippen LogP) is 2.33. The summed E-state index contributed by atoms with van der Waals surface area (Å²) < 4.78 is 5.12. The summed E-state index contributed by atoms with van der Waals surface area (Å²) in [5.41, 5.74) is 1.56. The van der Waals surface area contributed by atoms with Crippen LogP contribution >= 0.6 is 0 Å². The molecular formula is C13H15NO2. The van der Waals surface area contributed by atoms with Gasteiger partial charge in [-0.2, -0.15) is 0 Å². The first-order valence-corrected chi connectivity index (χ1v) is 5.85. The molecule has 3 heterocycles. The molecule has 1 fully saturated rings. The summed E-state index contributed by atoms with van der Waals surface area (Å²) in [7, 11) is 0. The van der Waals surface area contributed by atoms with Gasteiger partial charge in [-0.1, -0.05) is 6.08 Å². The Kier molecular flexibility index (Phi) is 2.13. The van der Waals surface area contributed by atoms with E-state index in [9.17, 15) is 4.79 Å². The second-order valence-electron chi connectivity index (χ2n) is 4.56. The lowest BCUT2D eigenvalue weighted by Crippen LogP contribution is -2.41. The van der Waals surface area contributed by atoms with Gasteiger partial charge in [-0.25, -0.2) is 4.79 Å². The fourth-order valence-electron chi connectivity index (χ4n) is 2.66. The maximum Gasteiger partial charge on any atom is 0.345 e. The van der Waals surface area contributed by atoms with Crippen LogP contribution in [0, 0.1) is 6.92 Å². The molecule has 0 spiro atoms. The van der Waals surface area contributed by atoms with Crippen LogP contribution in [-0.4, -0.2) is 12.6 Å². The first-order valence-electron chi connectivity index (χ1n) is 5.85. The lowest BCUT2D eigenvalue weighted by Gasteiger charge is -2.38. The number of hydrogen-bond donors (Lipinski definition) is 0. The number of nitrogens with zero attached hydrogens (tertiary/aromatic N) is 1. The van der Waals surface area contributed by atoms with Gasteiger partial charge in [0.2, 0.25) is 0 Å². The molecule has 3 nitrogen and oxygen atoms in total. The van der Waals surface area contributed by atoms with Gasteiger partial charge in [0.1, 0.15) is 5.76 Å². The summed E-state index contributed by atoms with van der Waals surface area (Å²) in [6.45, 7) is 2.88. The number of anilines is 1. The van der Waals surface area contributed by atoms with Gasteiger partial charge in [0.05, 0.1) is 11.3 Å². The lowest BCUT2D eigenvalue weighted by atomic mass is 9.96. The van der Waals surface area contributed by atoms with Crippen LogP contribution in [0.15, 0.2) is 21.4 Å². The minimum atomic E-state index is -0.213. The Bertz CT molecular complexity index is 501. The highest BCUT2D eigenvalue weighted by atomic mass is 16.4. The topological polar surface area (TPSA) is 33.5 Å². The van der Waals surface area contributed by atoms with E-state index in [0.717, 1.165) is 12.2 Å². The molecule has 2 aliphatic heterocycles. The zero-order valence-corrected chi connectivity index (χ0v) is 9.40. The Hall–Kier alpha value is -1.51. The first-order chi connectivity index (χ1) is 7.75. The summed E-state index contributed by atoms with van der Waals surface area (Å²) in [5, 5.41) is 0. The highest BCUT2D eigenvalue weighted by Gasteiger charge is 2.26. The van der Waals surface area contributed by atoms with E-state index in [-0.39, 0.29) is 5.63 Å². The highest BCUT2D eigenvalue weighted by molar-refractivity contribution is 5.71. The van der Waals surface area contributed by atoms with Gasteiger partial charge in [-0.05, 0) is 32.3 Å². The van der Waals surface area contributed by atoms with Crippen molar-refractivity contribution < 1.29 is 4.42 Å². The van der Waals surface area contributed by atoms with Gasteiger partial charge in [0.25, 0.3) is 0 Å². The van der Waals surface area contributed by atoms with Crippen LogP contribution in [0.3, 0.4) is 0 Å². The Morgan fingerprint density at radius 1 is 1.44 bits per heavy atom. The van der Waals surface area contributed by atoms with Gasteiger partial charge < -0.3 is 9.32 Å². The van der Waals surface area contributed by atoms with Crippen LogP contribution in [0.1, 0.15) is 30.6 Å². The minimum Gasteiger partial charge on any atom is -0.428 e. The van der Waals surface area contributed by atoms with E-state index in [1.165, 1.54) is 19.3 Å². The molecule has 0 radical (unpaired) electrons. The molecule has 3 rings (SSSR count). The summed E-state index contributed by atoms with van der Waals surface area (Å²) in [6.07, 6.45) is 7.74. The van der Waals surface area contributed by atoms with E-state index < -0.39 is 0 Å². The van der Waals surface area contributed by atoms with Crippen molar-refractivity contribution >= 4 is 11.8 Å². The Morgan fingerprint density at radius 2 is 2.31 bits per heavy atom. The molecule has 0 unspecified atom stereocenters. The van der Waals surface area contributed by atoms with E-state index in [4.69, 9.17) is 4.42 Å². The third-order valence-corrected chi connectivity index (χ3v) is 3.43. The molecular weight excluding hydrogens is 202 g/mol. The molecule has 0 aliphatic carbocycles. The Balaban J connectivity index is 2.16. The van der Waals surface area contributed by atoms with Gasteiger partial charge in [0, 0.05) is 18.7 Å². The van der Waals surface area contributed by atoms with Crippen LogP contribution in [0.2, 0.25) is 0 Å². The zero-order valence-electron chi connectivity index (χ0n) is 9.40. The number of piperidine rings is 1. The quantitative estimate of drug-likeness (QED) is 0.668. The fraction of sp³-hybridized carbons (Fsp3) is 0.462. The molecule has 0 aromatic carbocycles. The van der Waals surface area contributed by atoms with Crippen molar-refractivity contribution in [2.45, 2.75) is 32.2 Å². The monoisotopic (exact) mass is 217 g/mol. The number of fused-ring (bicyclic) bond motifs is 3. The molecule has 84 valence electrons. The normalized spacial score (nSPS) is 22.8. The molecule has 1 saturated heterocycles. The summed E-state index contributed by atoms with van der Waals surface area (Å²) in [4.78, 5) is 14.1. The summed E-state index contributed by atoms with van der Waals surface area (Å²) >= 11 is 0. The van der Waals surface area contributed by atoms with Crippen LogP contribution < -0.4 is 10.5 Å². The third-order valence-electron chi connectivity index (χ3n) is 3.43. The van der Waals surface area contributed by atoms with Gasteiger partial charge >= 0.3 is 5.63 Å². The van der Waals surface area contributed by atoms with Gasteiger partial charge in [-0.15, -0.1) is 0 Å². The minimum absolute atomic E-state index is 0.213. The lowest BCUT2D eigenvalue weighted by molar-refractivity contribution is 0.469. The predicted molar refractivity (Wildman–Crippen MR) is 63.7 cm³/mol. The third kappa shape index (κ3) is 1.39. The molecule has 16 heavy (non-hydrogen) atoms. The number of hydrogen-bond acceptors (Lipinski definition) is 3. The van der Waals surface area contributed by atoms with Gasteiger partial charge in [0.15, 0.2) is 0 Å². The first kappa shape index (κ1) is 9.70. The van der Waals surface area contributed by atoms with E-state index in [1.54, 1.807) is 0 Å². The molecule has 3 heteroatoms. The van der Waals surface area contributed by atoms with Crippen molar-refractivity contribution in [3.05, 3.63) is 33.9 Å². The largest absolute Gasteiger partial charge is 0.428 e. The Labute approximate surface area is 94.4 Å². The van der Waals surface area contributed by atoms with Crippen molar-refractivity contribution in [1.82, 2.24) is 0 Å². The number of rotatable bonds is 0. The molecule has 0 N–H and O–H groups in total. The molecule has 1 aromatic rings. The van der Waals surface area contributed by atoms with E-state index in [2.05, 4.69) is 11.0 Å². The van der Waals surface area contributed by atoms with Crippen molar-refractivity contribution in [3.8, 4) is 0 Å². The van der Waals surface area contributed by atoms with Crippen LogP contribution in [0.25, 0.3) is 6.08 Å². The summed E-state index contributed by atoms with van der Waals surface area (Å²) in [6, 6.07) is 2.46. The van der Waals surface area contributed by atoms with Crippen molar-refractivity contribution in [1.29, 1.82) is 0 Å². The second-order valence-corrected chi connectivity index (χ2v) is 4.56. The summed E-state index contributed by atoms with van der Waals surface area (Å²) in [5.74, 6) is 0.698. The van der Waals surface area contributed by atoms with Crippen LogP contribution in [-0.2, 0) is 0 Å². The Morgan fingerprint density at radius 3 is 3.19 bits per heavy atom. The van der Waals surface area contributed by atoms with E-state index in [0.29, 0.717) is 17.4 Å². The smallest absolute Gasteiger partial charge is 0.345 e. The molecule has 1 aromatic heterocycles. The van der Waals surface area contributed by atoms with Crippen molar-refractivity contribution in [3.63, 3.8) is 0 Å². The number of aryl methyl sites for hydroxylation is 1. The molecule has 0 amide bonds. The standard InChI is InChI=1S/C13H15NO2/c1-9-8-12-11(13(15)16-9)6-5-10-4-2-3-7-14(10)12/h5-6,8,10H,2-4,7H2,1H3/t10-/m0/s1. The van der Waals surface area contributed by atoms with Crippen molar-refractivity contribution in [2.24, 2.45) is 0 Å². The zero-order chi connectivity index (χ0) is 11.1. The van der Waals surface area contributed by atoms with Crippen LogP contribution in [0.5, 0.6) is 0 Å². The highest BCUT2D eigenvalue weighted by Crippen LogP contribution is 2.32. The molecule has 2 aliphatic rings. The second kappa shape index (κ2) is 3.51. The van der Waals surface area contributed by atoms with Crippen LogP contribution in [0.4, 0.5) is 5.69 Å². The van der Waals surface area contributed by atoms with Gasteiger partial charge in [-0.3, -0.25) is 0 Å². The van der Waals surface area contributed by atoms with Crippen molar-refractivity contribution in [2.75, 3.05) is 11.4 Å². The molecule has 1 atom stereocenters. The maximum absolute atomic E-state index is 11.7. The van der Waals surface area contributed by atoms with E-state index in [1.807, 2.05) is 19.1 Å². The van der Waals surface area contributed by atoms with E-state index >= 15 is 0 Å². The molecule has 0 saturated carbocycles. The average Bonchev–Trinajstić information content (AvgIpc) is 2.28. The maximum atomic E-state index is 11.7. The molecule has 0 bridgehead atoms. The average molecular weight is 217 g/mol.